The Bertz CT molecular complexity index is 283. The highest BCUT2D eigenvalue weighted by Gasteiger charge is 2.10. The molecule has 86 valence electrons. The standard InChI is InChI=1S/C12H21NOS/c1-10(2)13(7-4-8-14)9-12-6-5-11(3)15-12/h5-6,10,14H,4,7-9H2,1-3H3. The fourth-order valence-corrected chi connectivity index (χ4v) is 2.48. The van der Waals surface area contributed by atoms with Crippen LogP contribution in [0, 0.1) is 6.92 Å². The van der Waals surface area contributed by atoms with Gasteiger partial charge >= 0.3 is 0 Å². The van der Waals surface area contributed by atoms with Crippen LogP contribution < -0.4 is 0 Å². The molecule has 0 fully saturated rings. The van der Waals surface area contributed by atoms with Crippen LogP contribution >= 0.6 is 11.3 Å². The monoisotopic (exact) mass is 227 g/mol. The maximum absolute atomic E-state index is 8.84. The van der Waals surface area contributed by atoms with Crippen LogP contribution in [0.5, 0.6) is 0 Å². The molecule has 1 heterocycles. The molecule has 2 nitrogen and oxygen atoms in total. The highest BCUT2D eigenvalue weighted by Crippen LogP contribution is 2.18. The van der Waals surface area contributed by atoms with Gasteiger partial charge in [0.2, 0.25) is 0 Å². The summed E-state index contributed by atoms with van der Waals surface area (Å²) < 4.78 is 0. The molecular weight excluding hydrogens is 206 g/mol. The number of thiophene rings is 1. The zero-order chi connectivity index (χ0) is 11.3. The molecule has 0 saturated carbocycles. The Balaban J connectivity index is 2.50. The molecule has 0 saturated heterocycles. The van der Waals surface area contributed by atoms with Gasteiger partial charge in [-0.1, -0.05) is 0 Å². The van der Waals surface area contributed by atoms with Crippen LogP contribution in [0.25, 0.3) is 0 Å². The lowest BCUT2D eigenvalue weighted by atomic mass is 10.2. The van der Waals surface area contributed by atoms with Crippen molar-refractivity contribution in [2.24, 2.45) is 0 Å². The summed E-state index contributed by atoms with van der Waals surface area (Å²) in [7, 11) is 0. The van der Waals surface area contributed by atoms with E-state index in [1.54, 1.807) is 0 Å². The minimum Gasteiger partial charge on any atom is -0.396 e. The third kappa shape index (κ3) is 4.33. The Hall–Kier alpha value is -0.380. The smallest absolute Gasteiger partial charge is 0.0443 e. The second-order valence-electron chi connectivity index (χ2n) is 4.15. The van der Waals surface area contributed by atoms with Gasteiger partial charge in [0.15, 0.2) is 0 Å². The predicted molar refractivity (Wildman–Crippen MR) is 66.3 cm³/mol. The van der Waals surface area contributed by atoms with Gasteiger partial charge in [0.25, 0.3) is 0 Å². The fourth-order valence-electron chi connectivity index (χ4n) is 1.56. The molecule has 3 heteroatoms. The van der Waals surface area contributed by atoms with Crippen LogP contribution in [0.4, 0.5) is 0 Å². The first-order chi connectivity index (χ1) is 7.13. The maximum atomic E-state index is 8.84. The number of nitrogens with zero attached hydrogens (tertiary/aromatic N) is 1. The lowest BCUT2D eigenvalue weighted by molar-refractivity contribution is 0.186. The largest absolute Gasteiger partial charge is 0.396 e. The average Bonchev–Trinajstić information content (AvgIpc) is 2.58. The van der Waals surface area contributed by atoms with E-state index in [4.69, 9.17) is 5.11 Å². The topological polar surface area (TPSA) is 23.5 Å². The van der Waals surface area contributed by atoms with Crippen LogP contribution in [0.3, 0.4) is 0 Å². The Kier molecular flexibility index (Phi) is 5.29. The van der Waals surface area contributed by atoms with Crippen molar-refractivity contribution in [3.63, 3.8) is 0 Å². The zero-order valence-electron chi connectivity index (χ0n) is 9.86. The van der Waals surface area contributed by atoms with Crippen LogP contribution in [0.15, 0.2) is 12.1 Å². The molecule has 0 radical (unpaired) electrons. The zero-order valence-corrected chi connectivity index (χ0v) is 10.7. The van der Waals surface area contributed by atoms with E-state index in [2.05, 4.69) is 37.8 Å². The van der Waals surface area contributed by atoms with E-state index < -0.39 is 0 Å². The molecule has 15 heavy (non-hydrogen) atoms. The second-order valence-corrected chi connectivity index (χ2v) is 5.53. The first-order valence-corrected chi connectivity index (χ1v) is 6.35. The lowest BCUT2D eigenvalue weighted by Crippen LogP contribution is -2.31. The first kappa shape index (κ1) is 12.7. The van der Waals surface area contributed by atoms with Crippen molar-refractivity contribution in [1.29, 1.82) is 0 Å². The SMILES string of the molecule is Cc1ccc(CN(CCCO)C(C)C)s1. The van der Waals surface area contributed by atoms with Crippen molar-refractivity contribution >= 4 is 11.3 Å². The summed E-state index contributed by atoms with van der Waals surface area (Å²) in [6.07, 6.45) is 0.864. The summed E-state index contributed by atoms with van der Waals surface area (Å²) in [6.45, 7) is 8.82. The van der Waals surface area contributed by atoms with Crippen LogP contribution in [0.2, 0.25) is 0 Å². The molecule has 0 unspecified atom stereocenters. The highest BCUT2D eigenvalue weighted by molar-refractivity contribution is 7.11. The molecule has 1 N–H and O–H groups in total. The average molecular weight is 227 g/mol. The van der Waals surface area contributed by atoms with E-state index in [9.17, 15) is 0 Å². The van der Waals surface area contributed by atoms with E-state index in [1.807, 2.05) is 11.3 Å². The number of hydrogen-bond acceptors (Lipinski definition) is 3. The van der Waals surface area contributed by atoms with Gasteiger partial charge in [-0.3, -0.25) is 4.90 Å². The lowest BCUT2D eigenvalue weighted by Gasteiger charge is -2.25. The minimum absolute atomic E-state index is 0.284. The van der Waals surface area contributed by atoms with Gasteiger partial charge in [0.05, 0.1) is 0 Å². The molecular formula is C12H21NOS. The van der Waals surface area contributed by atoms with E-state index in [0.29, 0.717) is 6.04 Å². The molecule has 1 rings (SSSR count). The summed E-state index contributed by atoms with van der Waals surface area (Å²) in [6, 6.07) is 4.91. The van der Waals surface area contributed by atoms with Crippen molar-refractivity contribution in [3.8, 4) is 0 Å². The Morgan fingerprint density at radius 3 is 2.60 bits per heavy atom. The van der Waals surface area contributed by atoms with Crippen molar-refractivity contribution < 1.29 is 5.11 Å². The van der Waals surface area contributed by atoms with Crippen LogP contribution in [-0.4, -0.2) is 29.2 Å². The number of rotatable bonds is 6. The second kappa shape index (κ2) is 6.26. The molecule has 0 atom stereocenters. The molecule has 0 aromatic carbocycles. The van der Waals surface area contributed by atoms with E-state index in [0.717, 1.165) is 19.5 Å². The van der Waals surface area contributed by atoms with Crippen molar-refractivity contribution in [3.05, 3.63) is 21.9 Å². The summed E-state index contributed by atoms with van der Waals surface area (Å²) >= 11 is 1.86. The van der Waals surface area contributed by atoms with Gasteiger partial charge in [-0.05, 0) is 39.3 Å². The van der Waals surface area contributed by atoms with Crippen molar-refractivity contribution in [2.75, 3.05) is 13.2 Å². The Labute approximate surface area is 96.5 Å². The van der Waals surface area contributed by atoms with Crippen molar-refractivity contribution in [1.82, 2.24) is 4.90 Å². The van der Waals surface area contributed by atoms with Gasteiger partial charge in [-0.2, -0.15) is 0 Å². The van der Waals surface area contributed by atoms with Crippen LogP contribution in [-0.2, 0) is 6.54 Å². The molecule has 1 aromatic heterocycles. The molecule has 0 amide bonds. The third-order valence-corrected chi connectivity index (χ3v) is 3.47. The molecule has 0 aliphatic heterocycles. The summed E-state index contributed by atoms with van der Waals surface area (Å²) in [5, 5.41) is 8.84. The van der Waals surface area contributed by atoms with Gasteiger partial charge < -0.3 is 5.11 Å². The summed E-state index contributed by atoms with van der Waals surface area (Å²) in [5.74, 6) is 0. The molecule has 0 aliphatic carbocycles. The summed E-state index contributed by atoms with van der Waals surface area (Å²) in [5.41, 5.74) is 0. The van der Waals surface area contributed by atoms with E-state index in [-0.39, 0.29) is 6.61 Å². The maximum Gasteiger partial charge on any atom is 0.0443 e. The predicted octanol–water partition coefficient (Wildman–Crippen LogP) is 2.65. The number of aliphatic hydroxyl groups excluding tert-OH is 1. The third-order valence-electron chi connectivity index (χ3n) is 2.49. The molecule has 0 spiro atoms. The first-order valence-electron chi connectivity index (χ1n) is 5.53. The van der Waals surface area contributed by atoms with Gasteiger partial charge in [-0.25, -0.2) is 0 Å². The molecule has 0 bridgehead atoms. The van der Waals surface area contributed by atoms with Gasteiger partial charge in [0, 0.05) is 35.5 Å². The van der Waals surface area contributed by atoms with Gasteiger partial charge in [0.1, 0.15) is 0 Å². The number of hydrogen-bond donors (Lipinski definition) is 1. The summed E-state index contributed by atoms with van der Waals surface area (Å²) in [4.78, 5) is 5.19. The Morgan fingerprint density at radius 1 is 1.40 bits per heavy atom. The Morgan fingerprint density at radius 2 is 2.13 bits per heavy atom. The van der Waals surface area contributed by atoms with Crippen LogP contribution in [0.1, 0.15) is 30.0 Å². The van der Waals surface area contributed by atoms with Gasteiger partial charge in [-0.15, -0.1) is 11.3 Å². The fraction of sp³-hybridized carbons (Fsp3) is 0.667. The molecule has 1 aromatic rings. The molecule has 0 aliphatic rings. The highest BCUT2D eigenvalue weighted by atomic mass is 32.1. The van der Waals surface area contributed by atoms with E-state index in [1.165, 1.54) is 9.75 Å². The number of aliphatic hydroxyl groups is 1. The van der Waals surface area contributed by atoms with Crippen molar-refractivity contribution in [2.45, 2.75) is 39.8 Å². The van der Waals surface area contributed by atoms with E-state index >= 15 is 0 Å². The minimum atomic E-state index is 0.284. The normalized spacial score (nSPS) is 11.6. The quantitative estimate of drug-likeness (QED) is 0.807. The number of aryl methyl sites for hydroxylation is 1.